The van der Waals surface area contributed by atoms with Crippen LogP contribution in [0.3, 0.4) is 0 Å². The molecular formula is C35H36Cl2FN5O4. The van der Waals surface area contributed by atoms with Gasteiger partial charge < -0.3 is 25.2 Å². The summed E-state index contributed by atoms with van der Waals surface area (Å²) in [6, 6.07) is 12.7. The molecule has 4 aromatic rings. The number of carbonyl (C=O) groups is 1. The second-order valence-corrected chi connectivity index (χ2v) is 12.4. The number of nitrogens with zero attached hydrogens (tertiary/aromatic N) is 3. The largest absolute Gasteiger partial charge is 0.496 e. The summed E-state index contributed by atoms with van der Waals surface area (Å²) >= 11 is 14.1. The SMILES string of the molecule is COc1cc(-c2nccc(-c3cccc(-c4cc(F)c(CNC[C@@H]5CCC(=O)N5)c(OC)n4)c3Cl)c2Cl)cc2c1CN(CCO)CC2. The van der Waals surface area contributed by atoms with Crippen LogP contribution in [0.15, 0.2) is 48.7 Å². The highest BCUT2D eigenvalue weighted by Gasteiger charge is 2.24. The number of carbonyl (C=O) groups excluding carboxylic acids is 1. The number of hydrogen-bond acceptors (Lipinski definition) is 8. The molecule has 0 unspecified atom stereocenters. The summed E-state index contributed by atoms with van der Waals surface area (Å²) in [7, 11) is 3.09. The van der Waals surface area contributed by atoms with Crippen molar-refractivity contribution in [3.8, 4) is 45.3 Å². The Balaban J connectivity index is 1.30. The van der Waals surface area contributed by atoms with Gasteiger partial charge in [-0.2, -0.15) is 0 Å². The molecule has 47 heavy (non-hydrogen) atoms. The van der Waals surface area contributed by atoms with Gasteiger partial charge in [-0.3, -0.25) is 14.7 Å². The minimum Gasteiger partial charge on any atom is -0.496 e. The van der Waals surface area contributed by atoms with Crippen LogP contribution in [0.5, 0.6) is 11.6 Å². The molecule has 0 aliphatic carbocycles. The topological polar surface area (TPSA) is 109 Å². The van der Waals surface area contributed by atoms with Gasteiger partial charge in [-0.1, -0.05) is 41.4 Å². The van der Waals surface area contributed by atoms with Gasteiger partial charge in [0, 0.05) is 85.3 Å². The highest BCUT2D eigenvalue weighted by atomic mass is 35.5. The average Bonchev–Trinajstić information content (AvgIpc) is 3.50. The third-order valence-electron chi connectivity index (χ3n) is 8.75. The molecule has 1 amide bonds. The predicted molar refractivity (Wildman–Crippen MR) is 180 cm³/mol. The number of aliphatic hydroxyl groups is 1. The van der Waals surface area contributed by atoms with Crippen LogP contribution in [0.2, 0.25) is 10.0 Å². The fourth-order valence-corrected chi connectivity index (χ4v) is 6.96. The Kier molecular flexibility index (Phi) is 10.2. The van der Waals surface area contributed by atoms with Gasteiger partial charge in [-0.05, 0) is 36.6 Å². The summed E-state index contributed by atoms with van der Waals surface area (Å²) in [6.07, 6.45) is 3.74. The van der Waals surface area contributed by atoms with Crippen LogP contribution in [0.1, 0.15) is 29.5 Å². The zero-order chi connectivity index (χ0) is 33.1. The number of benzene rings is 2. The third kappa shape index (κ3) is 6.93. The van der Waals surface area contributed by atoms with Crippen molar-refractivity contribution in [2.45, 2.75) is 38.4 Å². The molecule has 2 aromatic carbocycles. The highest BCUT2D eigenvalue weighted by molar-refractivity contribution is 6.39. The second-order valence-electron chi connectivity index (χ2n) is 11.7. The standard InChI is InChI=1S/C35H36Cl2FN5O4/c1-46-30-15-21(14-20-9-11-43(12-13-44)19-27(20)30)34-33(37)24(8-10-40-34)23-4-3-5-25(32(23)36)29-16-28(38)26(35(42-29)47-2)18-39-17-22-6-7-31(45)41-22/h3-5,8,10,14-16,22,39,44H,6-7,9,11-13,17-19H2,1-2H3,(H,41,45)/t22-/m0/s1. The lowest BCUT2D eigenvalue weighted by atomic mass is 9.94. The summed E-state index contributed by atoms with van der Waals surface area (Å²) in [6.45, 7) is 2.95. The molecule has 6 rings (SSSR count). The third-order valence-corrected chi connectivity index (χ3v) is 9.54. The number of β-amino-alcohol motifs (C(OH)–C–C–N with tert-alkyl or cyclic N) is 1. The van der Waals surface area contributed by atoms with E-state index in [0.29, 0.717) is 64.2 Å². The summed E-state index contributed by atoms with van der Waals surface area (Å²) in [5.74, 6) is 0.436. The van der Waals surface area contributed by atoms with Gasteiger partial charge in [0.1, 0.15) is 11.6 Å². The van der Waals surface area contributed by atoms with E-state index in [-0.39, 0.29) is 36.5 Å². The minimum absolute atomic E-state index is 0.0171. The van der Waals surface area contributed by atoms with Crippen LogP contribution in [0.4, 0.5) is 4.39 Å². The van der Waals surface area contributed by atoms with Crippen LogP contribution in [-0.4, -0.2) is 72.4 Å². The normalized spacial score (nSPS) is 16.2. The summed E-state index contributed by atoms with van der Waals surface area (Å²) in [5.41, 5.74) is 6.10. The van der Waals surface area contributed by atoms with E-state index in [0.717, 1.165) is 41.8 Å². The van der Waals surface area contributed by atoms with Crippen LogP contribution >= 0.6 is 23.2 Å². The van der Waals surface area contributed by atoms with Crippen LogP contribution < -0.4 is 20.1 Å². The summed E-state index contributed by atoms with van der Waals surface area (Å²) in [4.78, 5) is 22.9. The van der Waals surface area contributed by atoms with E-state index in [9.17, 15) is 9.90 Å². The maximum Gasteiger partial charge on any atom is 0.221 e. The number of fused-ring (bicyclic) bond motifs is 1. The lowest BCUT2D eigenvalue weighted by Gasteiger charge is -2.29. The minimum atomic E-state index is -0.485. The molecule has 9 nitrogen and oxygen atoms in total. The van der Waals surface area contributed by atoms with Crippen molar-refractivity contribution >= 4 is 29.1 Å². The van der Waals surface area contributed by atoms with Gasteiger partial charge in [-0.25, -0.2) is 9.37 Å². The van der Waals surface area contributed by atoms with E-state index in [4.69, 9.17) is 32.7 Å². The predicted octanol–water partition coefficient (Wildman–Crippen LogP) is 5.66. The Morgan fingerprint density at radius 3 is 2.64 bits per heavy atom. The number of aromatic nitrogens is 2. The molecule has 3 N–H and O–H groups in total. The molecule has 1 fully saturated rings. The van der Waals surface area contributed by atoms with E-state index in [1.807, 2.05) is 18.2 Å². The number of nitrogens with one attached hydrogen (secondary N) is 2. The van der Waals surface area contributed by atoms with Gasteiger partial charge in [-0.15, -0.1) is 0 Å². The van der Waals surface area contributed by atoms with Crippen LogP contribution in [0.25, 0.3) is 33.6 Å². The molecule has 0 saturated carbocycles. The van der Waals surface area contributed by atoms with Crippen molar-refractivity contribution in [3.05, 3.63) is 81.2 Å². The zero-order valence-electron chi connectivity index (χ0n) is 26.2. The maximum atomic E-state index is 15.5. The Morgan fingerprint density at radius 2 is 1.89 bits per heavy atom. The van der Waals surface area contributed by atoms with E-state index < -0.39 is 5.82 Å². The highest BCUT2D eigenvalue weighted by Crippen LogP contribution is 2.43. The molecule has 2 aliphatic heterocycles. The van der Waals surface area contributed by atoms with Gasteiger partial charge >= 0.3 is 0 Å². The maximum absolute atomic E-state index is 15.5. The average molecular weight is 681 g/mol. The van der Waals surface area contributed by atoms with E-state index in [1.54, 1.807) is 25.4 Å². The van der Waals surface area contributed by atoms with Crippen molar-refractivity contribution in [1.82, 2.24) is 25.5 Å². The molecule has 2 aliphatic rings. The molecule has 1 atom stereocenters. The number of rotatable bonds is 11. The molecule has 246 valence electrons. The fraction of sp³-hybridized carbons (Fsp3) is 0.343. The van der Waals surface area contributed by atoms with Crippen molar-refractivity contribution < 1.29 is 23.8 Å². The fourth-order valence-electron chi connectivity index (χ4n) is 6.32. The van der Waals surface area contributed by atoms with Gasteiger partial charge in [0.25, 0.3) is 0 Å². The van der Waals surface area contributed by atoms with E-state index in [2.05, 4.69) is 31.6 Å². The Labute approximate surface area is 283 Å². The lowest BCUT2D eigenvalue weighted by molar-refractivity contribution is -0.119. The molecule has 1 saturated heterocycles. The lowest BCUT2D eigenvalue weighted by Crippen LogP contribution is -2.35. The summed E-state index contributed by atoms with van der Waals surface area (Å²) in [5, 5.41) is 16.3. The molecular weight excluding hydrogens is 644 g/mol. The number of pyridine rings is 2. The first-order chi connectivity index (χ1) is 22.8. The van der Waals surface area contributed by atoms with Crippen molar-refractivity contribution in [2.24, 2.45) is 0 Å². The number of aliphatic hydroxyl groups excluding tert-OH is 1. The molecule has 0 radical (unpaired) electrons. The monoisotopic (exact) mass is 679 g/mol. The first kappa shape index (κ1) is 33.1. The molecule has 0 spiro atoms. The summed E-state index contributed by atoms with van der Waals surface area (Å²) < 4.78 is 26.8. The van der Waals surface area contributed by atoms with Crippen molar-refractivity contribution in [3.63, 3.8) is 0 Å². The molecule has 0 bridgehead atoms. The van der Waals surface area contributed by atoms with Crippen molar-refractivity contribution in [1.29, 1.82) is 0 Å². The number of halogens is 3. The van der Waals surface area contributed by atoms with E-state index in [1.165, 1.54) is 13.2 Å². The Hall–Kier alpha value is -3.80. The molecule has 2 aromatic heterocycles. The smallest absolute Gasteiger partial charge is 0.221 e. The number of amides is 1. The Morgan fingerprint density at radius 1 is 1.09 bits per heavy atom. The van der Waals surface area contributed by atoms with E-state index >= 15 is 4.39 Å². The van der Waals surface area contributed by atoms with Gasteiger partial charge in [0.2, 0.25) is 11.8 Å². The van der Waals surface area contributed by atoms with Crippen LogP contribution in [0, 0.1) is 5.82 Å². The van der Waals surface area contributed by atoms with Gasteiger partial charge in [0.15, 0.2) is 0 Å². The first-order valence-electron chi connectivity index (χ1n) is 15.5. The number of ether oxygens (including phenoxy) is 2. The van der Waals surface area contributed by atoms with Gasteiger partial charge in [0.05, 0.1) is 47.8 Å². The first-order valence-corrected chi connectivity index (χ1v) is 16.3. The number of methoxy groups -OCH3 is 2. The van der Waals surface area contributed by atoms with Crippen LogP contribution in [-0.2, 0) is 24.3 Å². The van der Waals surface area contributed by atoms with Crippen molar-refractivity contribution in [2.75, 3.05) is 40.5 Å². The second kappa shape index (κ2) is 14.5. The zero-order valence-corrected chi connectivity index (χ0v) is 27.7. The Bertz CT molecular complexity index is 1790. The molecule has 4 heterocycles. The number of hydrogen-bond donors (Lipinski definition) is 3. The molecule has 12 heteroatoms. The quantitative estimate of drug-likeness (QED) is 0.186.